The summed E-state index contributed by atoms with van der Waals surface area (Å²) in [5.74, 6) is -4.81. The van der Waals surface area contributed by atoms with Gasteiger partial charge in [0, 0.05) is 35.5 Å². The predicted octanol–water partition coefficient (Wildman–Crippen LogP) is 2.32. The first-order valence-electron chi connectivity index (χ1n) is 12.7. The number of fused-ring (bicyclic) bond motifs is 1. The second kappa shape index (κ2) is 14.8. The van der Waals surface area contributed by atoms with Crippen molar-refractivity contribution in [3.05, 3.63) is 71.7 Å². The van der Waals surface area contributed by atoms with Gasteiger partial charge in [-0.25, -0.2) is 9.18 Å². The number of carbonyl (C=O) groups is 5. The molecule has 3 rings (SSSR count). The summed E-state index contributed by atoms with van der Waals surface area (Å²) in [5, 5.41) is 26.8. The molecule has 0 unspecified atom stereocenters. The third-order valence-electron chi connectivity index (χ3n) is 6.33. The van der Waals surface area contributed by atoms with Crippen molar-refractivity contribution >= 4 is 52.3 Å². The molecule has 0 spiro atoms. The Balaban J connectivity index is 1.84. The highest BCUT2D eigenvalue weighted by molar-refractivity contribution is 7.98. The number of hydrogen-bond donors (Lipinski definition) is 6. The van der Waals surface area contributed by atoms with Gasteiger partial charge >= 0.3 is 11.9 Å². The summed E-state index contributed by atoms with van der Waals surface area (Å²) in [7, 11) is 0. The van der Waals surface area contributed by atoms with Crippen molar-refractivity contribution < 1.29 is 38.6 Å². The molecule has 11 nitrogen and oxygen atoms in total. The lowest BCUT2D eigenvalue weighted by molar-refractivity contribution is -0.143. The van der Waals surface area contributed by atoms with Crippen LogP contribution in [0.5, 0.6) is 0 Å². The highest BCUT2D eigenvalue weighted by Crippen LogP contribution is 2.19. The highest BCUT2D eigenvalue weighted by Gasteiger charge is 2.30. The number of carbonyl (C=O) groups excluding carboxylic acids is 3. The van der Waals surface area contributed by atoms with Crippen molar-refractivity contribution in [3.63, 3.8) is 0 Å². The van der Waals surface area contributed by atoms with Crippen LogP contribution in [0.2, 0.25) is 0 Å². The molecule has 1 heterocycles. The maximum absolute atomic E-state index is 13.6. The largest absolute Gasteiger partial charge is 0.481 e. The van der Waals surface area contributed by atoms with E-state index in [1.165, 1.54) is 23.9 Å². The molecule has 1 aromatic heterocycles. The van der Waals surface area contributed by atoms with Gasteiger partial charge in [0.05, 0.1) is 0 Å². The van der Waals surface area contributed by atoms with Gasteiger partial charge in [-0.3, -0.25) is 19.2 Å². The summed E-state index contributed by atoms with van der Waals surface area (Å²) in [6, 6.07) is 8.42. The first-order valence-corrected chi connectivity index (χ1v) is 14.1. The molecular formula is C28H31FN4O7S. The van der Waals surface area contributed by atoms with E-state index >= 15 is 0 Å². The standard InChI is InChI=1S/C28H31FN4O7S/c1-41-13-12-21(26(37)32-22(28(39)40)10-11-24(34)35)31-27(38)23(33-25(36)16-6-8-18(29)9-7-16)14-17-15-30-20-5-3-2-4-19(17)20/h2-9,15,21-23,30H,10-14H2,1H3,(H,31,38)(H,32,37)(H,33,36)(H,34,35)(H,39,40)/t21-,22-,23-/m0/s1. The smallest absolute Gasteiger partial charge is 0.326 e. The van der Waals surface area contributed by atoms with Crippen LogP contribution < -0.4 is 16.0 Å². The molecule has 6 N–H and O–H groups in total. The zero-order valence-electron chi connectivity index (χ0n) is 22.2. The molecular weight excluding hydrogens is 555 g/mol. The van der Waals surface area contributed by atoms with Crippen LogP contribution in [0.4, 0.5) is 4.39 Å². The molecule has 0 saturated heterocycles. The predicted molar refractivity (Wildman–Crippen MR) is 151 cm³/mol. The van der Waals surface area contributed by atoms with Crippen LogP contribution in [0, 0.1) is 5.82 Å². The molecule has 3 atom stereocenters. The molecule has 0 bridgehead atoms. The van der Waals surface area contributed by atoms with E-state index < -0.39 is 60.0 Å². The van der Waals surface area contributed by atoms with E-state index in [0.717, 1.165) is 28.6 Å². The number of aliphatic carboxylic acids is 2. The van der Waals surface area contributed by atoms with Gasteiger partial charge in [-0.1, -0.05) is 18.2 Å². The van der Waals surface area contributed by atoms with E-state index in [-0.39, 0.29) is 24.8 Å². The fourth-order valence-electron chi connectivity index (χ4n) is 4.15. The van der Waals surface area contributed by atoms with Gasteiger partial charge < -0.3 is 31.1 Å². The van der Waals surface area contributed by atoms with E-state index in [1.54, 1.807) is 12.5 Å². The number of thioether (sulfide) groups is 1. The van der Waals surface area contributed by atoms with Crippen LogP contribution in [-0.4, -0.2) is 75.0 Å². The number of aromatic amines is 1. The van der Waals surface area contributed by atoms with E-state index in [1.807, 2.05) is 24.3 Å². The van der Waals surface area contributed by atoms with Crippen LogP contribution in [0.3, 0.4) is 0 Å². The van der Waals surface area contributed by atoms with Crippen molar-refractivity contribution in [2.45, 2.75) is 43.8 Å². The summed E-state index contributed by atoms with van der Waals surface area (Å²) in [6.45, 7) is 0. The summed E-state index contributed by atoms with van der Waals surface area (Å²) < 4.78 is 13.4. The Morgan fingerprint density at radius 2 is 1.54 bits per heavy atom. The minimum atomic E-state index is -1.47. The van der Waals surface area contributed by atoms with Gasteiger partial charge in [0.25, 0.3) is 5.91 Å². The number of rotatable bonds is 15. The van der Waals surface area contributed by atoms with Crippen LogP contribution in [0.15, 0.2) is 54.7 Å². The number of para-hydroxylation sites is 1. The van der Waals surface area contributed by atoms with Crippen molar-refractivity contribution in [2.75, 3.05) is 12.0 Å². The normalized spacial score (nSPS) is 13.1. The van der Waals surface area contributed by atoms with Crippen molar-refractivity contribution in [3.8, 4) is 0 Å². The molecule has 0 fully saturated rings. The molecule has 218 valence electrons. The van der Waals surface area contributed by atoms with Crippen molar-refractivity contribution in [1.29, 1.82) is 0 Å². The minimum absolute atomic E-state index is 0.0516. The quantitative estimate of drug-likeness (QED) is 0.157. The average Bonchev–Trinajstić information content (AvgIpc) is 3.35. The SMILES string of the molecule is CSCC[C@H](NC(=O)[C@H](Cc1c[nH]c2ccccc12)NC(=O)c1ccc(F)cc1)C(=O)N[C@@H](CCC(=O)O)C(=O)O. The minimum Gasteiger partial charge on any atom is -0.481 e. The van der Waals surface area contributed by atoms with Gasteiger partial charge in [-0.2, -0.15) is 11.8 Å². The van der Waals surface area contributed by atoms with Gasteiger partial charge in [0.15, 0.2) is 0 Å². The van der Waals surface area contributed by atoms with E-state index in [2.05, 4.69) is 20.9 Å². The molecule has 13 heteroatoms. The Hall–Kier alpha value is -4.39. The Morgan fingerprint density at radius 3 is 2.20 bits per heavy atom. The number of amides is 3. The number of carboxylic acid groups (broad SMARTS) is 2. The molecule has 41 heavy (non-hydrogen) atoms. The molecule has 0 aliphatic heterocycles. The number of benzene rings is 2. The Kier molecular flexibility index (Phi) is 11.3. The fourth-order valence-corrected chi connectivity index (χ4v) is 4.62. The van der Waals surface area contributed by atoms with Crippen molar-refractivity contribution in [1.82, 2.24) is 20.9 Å². The van der Waals surface area contributed by atoms with Gasteiger partial charge in [-0.05, 0) is 60.7 Å². The Bertz CT molecular complexity index is 1400. The number of halogens is 1. The summed E-state index contributed by atoms with van der Waals surface area (Å²) in [6.07, 6.45) is 2.91. The lowest BCUT2D eigenvalue weighted by atomic mass is 10.0. The zero-order valence-corrected chi connectivity index (χ0v) is 23.0. The molecule has 0 saturated carbocycles. The van der Waals surface area contributed by atoms with Gasteiger partial charge in [0.2, 0.25) is 11.8 Å². The van der Waals surface area contributed by atoms with E-state index in [4.69, 9.17) is 5.11 Å². The molecule has 0 aliphatic rings. The molecule has 2 aromatic carbocycles. The number of H-pyrrole nitrogens is 1. The average molecular weight is 587 g/mol. The first kappa shape index (κ1) is 31.1. The first-order chi connectivity index (χ1) is 19.6. The van der Waals surface area contributed by atoms with Crippen LogP contribution in [-0.2, 0) is 25.6 Å². The molecule has 3 amide bonds. The zero-order chi connectivity index (χ0) is 29.9. The third kappa shape index (κ3) is 9.07. The monoisotopic (exact) mass is 586 g/mol. The summed E-state index contributed by atoms with van der Waals surface area (Å²) >= 11 is 1.41. The van der Waals surface area contributed by atoms with Crippen LogP contribution >= 0.6 is 11.8 Å². The number of aromatic nitrogens is 1. The molecule has 0 aliphatic carbocycles. The van der Waals surface area contributed by atoms with Crippen LogP contribution in [0.1, 0.15) is 35.2 Å². The fraction of sp³-hybridized carbons (Fsp3) is 0.321. The van der Waals surface area contributed by atoms with E-state index in [0.29, 0.717) is 5.75 Å². The van der Waals surface area contributed by atoms with Gasteiger partial charge in [0.1, 0.15) is 23.9 Å². The molecule has 3 aromatic rings. The summed E-state index contributed by atoms with van der Waals surface area (Å²) in [4.78, 5) is 65.2. The summed E-state index contributed by atoms with van der Waals surface area (Å²) in [5.41, 5.74) is 1.68. The molecule has 0 radical (unpaired) electrons. The lowest BCUT2D eigenvalue weighted by Crippen LogP contribution is -2.56. The van der Waals surface area contributed by atoms with Crippen molar-refractivity contribution in [2.24, 2.45) is 0 Å². The van der Waals surface area contributed by atoms with Crippen LogP contribution in [0.25, 0.3) is 10.9 Å². The number of nitrogens with one attached hydrogen (secondary N) is 4. The number of hydrogen-bond acceptors (Lipinski definition) is 6. The maximum atomic E-state index is 13.6. The second-order valence-electron chi connectivity index (χ2n) is 9.27. The Morgan fingerprint density at radius 1 is 0.878 bits per heavy atom. The Labute approximate surface area is 239 Å². The highest BCUT2D eigenvalue weighted by atomic mass is 32.2. The topological polar surface area (TPSA) is 178 Å². The lowest BCUT2D eigenvalue weighted by Gasteiger charge is -2.24. The third-order valence-corrected chi connectivity index (χ3v) is 6.98. The second-order valence-corrected chi connectivity index (χ2v) is 10.3. The maximum Gasteiger partial charge on any atom is 0.326 e. The van der Waals surface area contributed by atoms with E-state index in [9.17, 15) is 33.5 Å². The number of carboxylic acids is 2. The van der Waals surface area contributed by atoms with Gasteiger partial charge in [-0.15, -0.1) is 0 Å².